The molecule has 0 fully saturated rings. The van der Waals surface area contributed by atoms with Crippen molar-refractivity contribution < 1.29 is 9.47 Å². The minimum atomic E-state index is 0.553. The Morgan fingerprint density at radius 3 is 2.80 bits per heavy atom. The second-order valence-electron chi connectivity index (χ2n) is 3.05. The topological polar surface area (TPSA) is 56.5 Å². The third kappa shape index (κ3) is 4.18. The van der Waals surface area contributed by atoms with Crippen LogP contribution in [0.1, 0.15) is 0 Å². The summed E-state index contributed by atoms with van der Waals surface area (Å²) >= 11 is 0. The van der Waals surface area contributed by atoms with Gasteiger partial charge in [-0.2, -0.15) is 0 Å². The summed E-state index contributed by atoms with van der Waals surface area (Å²) in [4.78, 5) is 0. The van der Waals surface area contributed by atoms with E-state index < -0.39 is 0 Å². The summed E-state index contributed by atoms with van der Waals surface area (Å²) in [6.07, 6.45) is 0. The molecule has 0 saturated heterocycles. The van der Waals surface area contributed by atoms with Crippen molar-refractivity contribution in [2.75, 3.05) is 38.7 Å². The van der Waals surface area contributed by atoms with Crippen LogP contribution in [0.15, 0.2) is 24.3 Å². The molecule has 1 aromatic carbocycles. The number of rotatable bonds is 7. The molecule has 3 N–H and O–H groups in total. The molecule has 0 heterocycles. The van der Waals surface area contributed by atoms with Crippen LogP contribution in [0.2, 0.25) is 0 Å². The molecular formula is C11H18N2O2. The van der Waals surface area contributed by atoms with Gasteiger partial charge in [-0.1, -0.05) is 12.1 Å². The Balaban J connectivity index is 2.52. The summed E-state index contributed by atoms with van der Waals surface area (Å²) in [5, 5.41) is 3.20. The Kier molecular flexibility index (Phi) is 5.58. The number of methoxy groups -OCH3 is 1. The van der Waals surface area contributed by atoms with Gasteiger partial charge in [0.2, 0.25) is 0 Å². The fourth-order valence-corrected chi connectivity index (χ4v) is 1.18. The van der Waals surface area contributed by atoms with Gasteiger partial charge in [-0.3, -0.25) is 0 Å². The molecule has 4 nitrogen and oxygen atoms in total. The van der Waals surface area contributed by atoms with Crippen molar-refractivity contribution in [2.45, 2.75) is 0 Å². The lowest BCUT2D eigenvalue weighted by atomic mass is 10.3. The lowest BCUT2D eigenvalue weighted by Crippen LogP contribution is -2.14. The maximum Gasteiger partial charge on any atom is 0.142 e. The van der Waals surface area contributed by atoms with Crippen LogP contribution in [0.4, 0.5) is 5.69 Å². The zero-order valence-electron chi connectivity index (χ0n) is 9.03. The van der Waals surface area contributed by atoms with E-state index >= 15 is 0 Å². The van der Waals surface area contributed by atoms with Gasteiger partial charge in [0, 0.05) is 20.2 Å². The normalized spacial score (nSPS) is 10.0. The van der Waals surface area contributed by atoms with E-state index in [-0.39, 0.29) is 0 Å². The zero-order chi connectivity index (χ0) is 10.9. The standard InChI is InChI=1S/C11H18N2O2/c1-14-8-9-15-11-5-3-2-4-10(11)13-7-6-12/h2-5,13H,6-9,12H2,1H3. The fourth-order valence-electron chi connectivity index (χ4n) is 1.18. The van der Waals surface area contributed by atoms with Gasteiger partial charge in [0.1, 0.15) is 12.4 Å². The van der Waals surface area contributed by atoms with E-state index in [1.807, 2.05) is 24.3 Å². The molecule has 0 aromatic heterocycles. The summed E-state index contributed by atoms with van der Waals surface area (Å²) in [7, 11) is 1.65. The fraction of sp³-hybridized carbons (Fsp3) is 0.455. The number of hydrogen-bond donors (Lipinski definition) is 2. The smallest absolute Gasteiger partial charge is 0.142 e. The third-order valence-electron chi connectivity index (χ3n) is 1.89. The SMILES string of the molecule is COCCOc1ccccc1NCCN. The van der Waals surface area contributed by atoms with Crippen molar-refractivity contribution in [1.29, 1.82) is 0 Å². The number of anilines is 1. The van der Waals surface area contributed by atoms with E-state index in [9.17, 15) is 0 Å². The molecular weight excluding hydrogens is 192 g/mol. The molecule has 1 aromatic rings. The number of benzene rings is 1. The minimum absolute atomic E-state index is 0.553. The van der Waals surface area contributed by atoms with Crippen LogP contribution in [-0.2, 0) is 4.74 Å². The van der Waals surface area contributed by atoms with Gasteiger partial charge in [0.05, 0.1) is 12.3 Å². The molecule has 0 atom stereocenters. The van der Waals surface area contributed by atoms with Crippen molar-refractivity contribution in [1.82, 2.24) is 0 Å². The Hall–Kier alpha value is -1.26. The van der Waals surface area contributed by atoms with Crippen LogP contribution in [-0.4, -0.2) is 33.4 Å². The lowest BCUT2D eigenvalue weighted by Gasteiger charge is -2.12. The van der Waals surface area contributed by atoms with E-state index in [2.05, 4.69) is 5.32 Å². The van der Waals surface area contributed by atoms with Crippen LogP contribution in [0.3, 0.4) is 0 Å². The van der Waals surface area contributed by atoms with Crippen molar-refractivity contribution in [3.8, 4) is 5.75 Å². The van der Waals surface area contributed by atoms with Crippen LogP contribution in [0, 0.1) is 0 Å². The monoisotopic (exact) mass is 210 g/mol. The van der Waals surface area contributed by atoms with Gasteiger partial charge >= 0.3 is 0 Å². The maximum absolute atomic E-state index is 5.55. The Bertz CT molecular complexity index is 279. The molecule has 0 aliphatic heterocycles. The molecule has 0 unspecified atom stereocenters. The van der Waals surface area contributed by atoms with Gasteiger partial charge in [0.15, 0.2) is 0 Å². The highest BCUT2D eigenvalue weighted by Gasteiger charge is 2.00. The molecule has 0 saturated carbocycles. The van der Waals surface area contributed by atoms with Crippen LogP contribution in [0.25, 0.3) is 0 Å². The highest BCUT2D eigenvalue weighted by molar-refractivity contribution is 5.56. The van der Waals surface area contributed by atoms with Crippen molar-refractivity contribution in [3.63, 3.8) is 0 Å². The third-order valence-corrected chi connectivity index (χ3v) is 1.89. The molecule has 1 rings (SSSR count). The van der Waals surface area contributed by atoms with Gasteiger partial charge in [0.25, 0.3) is 0 Å². The predicted molar refractivity (Wildman–Crippen MR) is 61.4 cm³/mol. The molecule has 0 bridgehead atoms. The predicted octanol–water partition coefficient (Wildman–Crippen LogP) is 1.08. The first kappa shape index (κ1) is 11.8. The number of nitrogens with two attached hydrogens (primary N) is 1. The average Bonchev–Trinajstić information content (AvgIpc) is 2.28. The largest absolute Gasteiger partial charge is 0.489 e. The Labute approximate surface area is 90.4 Å². The number of ether oxygens (including phenoxy) is 2. The van der Waals surface area contributed by atoms with E-state index in [0.717, 1.165) is 18.0 Å². The van der Waals surface area contributed by atoms with E-state index in [4.69, 9.17) is 15.2 Å². The highest BCUT2D eigenvalue weighted by Crippen LogP contribution is 2.23. The maximum atomic E-state index is 5.55. The summed E-state index contributed by atoms with van der Waals surface area (Å²) in [6.45, 7) is 2.49. The first-order valence-corrected chi connectivity index (χ1v) is 5.03. The van der Waals surface area contributed by atoms with Gasteiger partial charge in [-0.05, 0) is 12.1 Å². The first-order valence-electron chi connectivity index (χ1n) is 5.03. The number of para-hydroxylation sites is 2. The number of hydrogen-bond acceptors (Lipinski definition) is 4. The summed E-state index contributed by atoms with van der Waals surface area (Å²) < 4.78 is 10.5. The van der Waals surface area contributed by atoms with Crippen molar-refractivity contribution in [3.05, 3.63) is 24.3 Å². The first-order chi connectivity index (χ1) is 7.38. The zero-order valence-corrected chi connectivity index (χ0v) is 9.03. The molecule has 0 spiro atoms. The molecule has 0 aliphatic carbocycles. The van der Waals surface area contributed by atoms with E-state index in [1.54, 1.807) is 7.11 Å². The molecule has 0 amide bonds. The summed E-state index contributed by atoms with van der Waals surface area (Å²) in [5.74, 6) is 0.836. The highest BCUT2D eigenvalue weighted by atomic mass is 16.5. The molecule has 4 heteroatoms. The van der Waals surface area contributed by atoms with Gasteiger partial charge in [-0.25, -0.2) is 0 Å². The van der Waals surface area contributed by atoms with Crippen molar-refractivity contribution >= 4 is 5.69 Å². The summed E-state index contributed by atoms with van der Waals surface area (Å²) in [5.41, 5.74) is 6.40. The molecule has 15 heavy (non-hydrogen) atoms. The average molecular weight is 210 g/mol. The van der Waals surface area contributed by atoms with Crippen LogP contribution in [0.5, 0.6) is 5.75 Å². The van der Waals surface area contributed by atoms with Crippen molar-refractivity contribution in [2.24, 2.45) is 5.73 Å². The van der Waals surface area contributed by atoms with Gasteiger partial charge in [-0.15, -0.1) is 0 Å². The second kappa shape index (κ2) is 7.09. The van der Waals surface area contributed by atoms with Crippen LogP contribution >= 0.6 is 0 Å². The Morgan fingerprint density at radius 1 is 1.27 bits per heavy atom. The molecule has 0 radical (unpaired) electrons. The molecule has 0 aliphatic rings. The quantitative estimate of drug-likeness (QED) is 0.661. The lowest BCUT2D eigenvalue weighted by molar-refractivity contribution is 0.146. The molecule has 84 valence electrons. The summed E-state index contributed by atoms with van der Waals surface area (Å²) in [6, 6.07) is 7.80. The second-order valence-corrected chi connectivity index (χ2v) is 3.05. The Morgan fingerprint density at radius 2 is 2.07 bits per heavy atom. The number of nitrogens with one attached hydrogen (secondary N) is 1. The minimum Gasteiger partial charge on any atom is -0.489 e. The van der Waals surface area contributed by atoms with Crippen LogP contribution < -0.4 is 15.8 Å². The van der Waals surface area contributed by atoms with Gasteiger partial charge < -0.3 is 20.5 Å². The van der Waals surface area contributed by atoms with E-state index in [0.29, 0.717) is 19.8 Å². The van der Waals surface area contributed by atoms with E-state index in [1.165, 1.54) is 0 Å².